The third-order valence-corrected chi connectivity index (χ3v) is 5.02. The van der Waals surface area contributed by atoms with Gasteiger partial charge in [0, 0.05) is 23.4 Å². The molecule has 28 heavy (non-hydrogen) atoms. The Kier molecular flexibility index (Phi) is 5.04. The number of benzene rings is 2. The Balaban J connectivity index is 1.64. The first kappa shape index (κ1) is 18.1. The van der Waals surface area contributed by atoms with E-state index in [1.165, 1.54) is 16.7 Å². The Labute approximate surface area is 164 Å². The number of fused-ring (bicyclic) bond motifs is 1. The lowest BCUT2D eigenvalue weighted by Gasteiger charge is -2.17. The van der Waals surface area contributed by atoms with Crippen LogP contribution in [0, 0.1) is 13.8 Å². The SMILES string of the molecule is Cc1ccc([C@H]([NH2+]Cc2cc(=O)n3cc(C)ccc3n2)c2ccccc2)cc1. The number of hydrogen-bond donors (Lipinski definition) is 1. The van der Waals surface area contributed by atoms with E-state index >= 15 is 0 Å². The molecule has 0 bridgehead atoms. The Hall–Kier alpha value is -3.24. The fourth-order valence-corrected chi connectivity index (χ4v) is 3.50. The summed E-state index contributed by atoms with van der Waals surface area (Å²) in [4.78, 5) is 17.2. The molecule has 4 rings (SSSR count). The molecule has 140 valence electrons. The van der Waals surface area contributed by atoms with Crippen LogP contribution < -0.4 is 10.9 Å². The van der Waals surface area contributed by atoms with Crippen LogP contribution in [-0.4, -0.2) is 9.38 Å². The van der Waals surface area contributed by atoms with Crippen molar-refractivity contribution in [3.8, 4) is 0 Å². The van der Waals surface area contributed by atoms with Crippen molar-refractivity contribution in [3.05, 3.63) is 117 Å². The van der Waals surface area contributed by atoms with Crippen molar-refractivity contribution in [3.63, 3.8) is 0 Å². The van der Waals surface area contributed by atoms with Crippen LogP contribution in [0.4, 0.5) is 0 Å². The van der Waals surface area contributed by atoms with Gasteiger partial charge in [-0.15, -0.1) is 0 Å². The molecule has 1 atom stereocenters. The van der Waals surface area contributed by atoms with E-state index in [1.54, 1.807) is 10.5 Å². The van der Waals surface area contributed by atoms with Gasteiger partial charge in [-0.25, -0.2) is 4.98 Å². The second-order valence-electron chi connectivity index (χ2n) is 7.26. The van der Waals surface area contributed by atoms with Crippen LogP contribution in [0.1, 0.15) is 34.0 Å². The molecule has 4 nitrogen and oxygen atoms in total. The number of quaternary nitrogens is 1. The van der Waals surface area contributed by atoms with Crippen LogP contribution in [0.2, 0.25) is 0 Å². The minimum atomic E-state index is -0.0382. The van der Waals surface area contributed by atoms with Gasteiger partial charge in [0.1, 0.15) is 23.9 Å². The number of pyridine rings is 1. The molecule has 0 spiro atoms. The molecular formula is C24H24N3O+. The highest BCUT2D eigenvalue weighted by Crippen LogP contribution is 2.18. The standard InChI is InChI=1S/C24H23N3O/c1-17-8-11-20(12-9-17)24(19-6-4-3-5-7-19)25-15-21-14-23(28)27-16-18(2)10-13-22(27)26-21/h3-14,16,24-25H,15H2,1-2H3/p+1/t24-/m1/s1. The molecule has 0 saturated heterocycles. The van der Waals surface area contributed by atoms with Crippen LogP contribution in [0.15, 0.2) is 83.8 Å². The Morgan fingerprint density at radius 1 is 0.893 bits per heavy atom. The topological polar surface area (TPSA) is 51.0 Å². The molecule has 2 aromatic heterocycles. The normalized spacial score (nSPS) is 12.2. The summed E-state index contributed by atoms with van der Waals surface area (Å²) in [7, 11) is 0. The molecule has 2 aromatic carbocycles. The number of nitrogens with zero attached hydrogens (tertiary/aromatic N) is 2. The summed E-state index contributed by atoms with van der Waals surface area (Å²) >= 11 is 0. The van der Waals surface area contributed by atoms with E-state index in [9.17, 15) is 4.79 Å². The molecule has 2 N–H and O–H groups in total. The summed E-state index contributed by atoms with van der Waals surface area (Å²) in [5.41, 5.74) is 6.21. The zero-order valence-electron chi connectivity index (χ0n) is 16.2. The van der Waals surface area contributed by atoms with Crippen LogP contribution >= 0.6 is 0 Å². The molecule has 2 heterocycles. The monoisotopic (exact) mass is 370 g/mol. The largest absolute Gasteiger partial charge is 0.331 e. The van der Waals surface area contributed by atoms with Crippen molar-refractivity contribution >= 4 is 5.65 Å². The average molecular weight is 370 g/mol. The summed E-state index contributed by atoms with van der Waals surface area (Å²) in [6.07, 6.45) is 1.83. The van der Waals surface area contributed by atoms with E-state index in [0.717, 1.165) is 11.3 Å². The van der Waals surface area contributed by atoms with Crippen molar-refractivity contribution < 1.29 is 5.32 Å². The Morgan fingerprint density at radius 3 is 2.32 bits per heavy atom. The molecule has 0 unspecified atom stereocenters. The fraction of sp³-hybridized carbons (Fsp3) is 0.167. The van der Waals surface area contributed by atoms with Crippen LogP contribution in [-0.2, 0) is 6.54 Å². The molecule has 0 fully saturated rings. The average Bonchev–Trinajstić information content (AvgIpc) is 2.71. The van der Waals surface area contributed by atoms with Gasteiger partial charge in [0.2, 0.25) is 0 Å². The van der Waals surface area contributed by atoms with E-state index in [4.69, 9.17) is 0 Å². The van der Waals surface area contributed by atoms with Gasteiger partial charge in [0.25, 0.3) is 5.56 Å². The van der Waals surface area contributed by atoms with Crippen molar-refractivity contribution in [2.24, 2.45) is 0 Å². The Bertz CT molecular complexity index is 1150. The first-order valence-corrected chi connectivity index (χ1v) is 9.54. The van der Waals surface area contributed by atoms with E-state index in [0.29, 0.717) is 12.2 Å². The molecule has 0 amide bonds. The van der Waals surface area contributed by atoms with E-state index in [2.05, 4.69) is 65.8 Å². The molecular weight excluding hydrogens is 346 g/mol. The summed E-state index contributed by atoms with van der Waals surface area (Å²) in [5, 5.41) is 2.24. The van der Waals surface area contributed by atoms with Gasteiger partial charge < -0.3 is 5.32 Å². The maximum atomic E-state index is 12.5. The summed E-state index contributed by atoms with van der Waals surface area (Å²) < 4.78 is 1.60. The molecule has 0 aliphatic carbocycles. The molecule has 0 aliphatic rings. The third-order valence-electron chi connectivity index (χ3n) is 5.02. The number of nitrogens with two attached hydrogens (primary N) is 1. The molecule has 0 aliphatic heterocycles. The first-order valence-electron chi connectivity index (χ1n) is 9.54. The number of aromatic nitrogens is 2. The van der Waals surface area contributed by atoms with Crippen molar-refractivity contribution in [1.29, 1.82) is 0 Å². The zero-order valence-corrected chi connectivity index (χ0v) is 16.2. The van der Waals surface area contributed by atoms with Gasteiger partial charge in [-0.2, -0.15) is 0 Å². The van der Waals surface area contributed by atoms with E-state index in [-0.39, 0.29) is 11.6 Å². The molecule has 4 aromatic rings. The second kappa shape index (κ2) is 7.79. The smallest absolute Gasteiger partial charge is 0.258 e. The van der Waals surface area contributed by atoms with Crippen LogP contribution in [0.3, 0.4) is 0 Å². The summed E-state index contributed by atoms with van der Waals surface area (Å²) in [5.74, 6) is 0. The van der Waals surface area contributed by atoms with Gasteiger partial charge in [-0.3, -0.25) is 9.20 Å². The highest BCUT2D eigenvalue weighted by Gasteiger charge is 2.18. The van der Waals surface area contributed by atoms with Gasteiger partial charge in [0.05, 0.1) is 0 Å². The van der Waals surface area contributed by atoms with Crippen molar-refractivity contribution in [2.45, 2.75) is 26.4 Å². The number of aryl methyl sites for hydroxylation is 2. The highest BCUT2D eigenvalue weighted by molar-refractivity contribution is 5.40. The molecule has 0 radical (unpaired) electrons. The zero-order chi connectivity index (χ0) is 19.5. The minimum absolute atomic E-state index is 0.0382. The molecule has 4 heteroatoms. The summed E-state index contributed by atoms with van der Waals surface area (Å²) in [6.45, 7) is 4.70. The number of hydrogen-bond acceptors (Lipinski definition) is 2. The highest BCUT2D eigenvalue weighted by atomic mass is 16.1. The van der Waals surface area contributed by atoms with Crippen LogP contribution in [0.5, 0.6) is 0 Å². The third kappa shape index (κ3) is 3.87. The Morgan fingerprint density at radius 2 is 1.57 bits per heavy atom. The minimum Gasteiger partial charge on any atom is -0.331 e. The van der Waals surface area contributed by atoms with Gasteiger partial charge in [0.15, 0.2) is 0 Å². The van der Waals surface area contributed by atoms with Crippen molar-refractivity contribution in [2.75, 3.05) is 0 Å². The maximum Gasteiger partial charge on any atom is 0.258 e. The quantitative estimate of drug-likeness (QED) is 0.587. The van der Waals surface area contributed by atoms with E-state index in [1.807, 2.05) is 31.3 Å². The lowest BCUT2D eigenvalue weighted by atomic mass is 9.98. The van der Waals surface area contributed by atoms with Gasteiger partial charge in [-0.05, 0) is 25.5 Å². The lowest BCUT2D eigenvalue weighted by molar-refractivity contribution is -0.702. The van der Waals surface area contributed by atoms with Crippen molar-refractivity contribution in [1.82, 2.24) is 9.38 Å². The predicted octanol–water partition coefficient (Wildman–Crippen LogP) is 3.16. The van der Waals surface area contributed by atoms with Crippen LogP contribution in [0.25, 0.3) is 5.65 Å². The van der Waals surface area contributed by atoms with Gasteiger partial charge >= 0.3 is 0 Å². The fourth-order valence-electron chi connectivity index (χ4n) is 3.50. The second-order valence-corrected chi connectivity index (χ2v) is 7.26. The van der Waals surface area contributed by atoms with Gasteiger partial charge in [-0.1, -0.05) is 66.2 Å². The van der Waals surface area contributed by atoms with E-state index < -0.39 is 0 Å². The number of rotatable bonds is 5. The lowest BCUT2D eigenvalue weighted by Crippen LogP contribution is -2.84. The maximum absolute atomic E-state index is 12.5. The first-order chi connectivity index (χ1) is 13.6. The molecule has 0 saturated carbocycles. The predicted molar refractivity (Wildman–Crippen MR) is 111 cm³/mol. The summed E-state index contributed by atoms with van der Waals surface area (Å²) in [6, 6.07) is 24.8.